The van der Waals surface area contributed by atoms with E-state index in [0.717, 1.165) is 24.1 Å². The molecule has 2 aromatic carbocycles. The second kappa shape index (κ2) is 9.64. The van der Waals surface area contributed by atoms with E-state index in [1.54, 1.807) is 23.9 Å². The number of benzene rings is 2. The number of nitrogens with zero attached hydrogens (tertiary/aromatic N) is 4. The Morgan fingerprint density at radius 2 is 1.91 bits per heavy atom. The summed E-state index contributed by atoms with van der Waals surface area (Å²) >= 11 is 11.7. The Hall–Kier alpha value is -2.73. The third-order valence-corrected chi connectivity index (χ3v) is 6.59. The second-order valence-electron chi connectivity index (χ2n) is 8.70. The van der Waals surface area contributed by atoms with E-state index in [9.17, 15) is 14.3 Å². The monoisotopic (exact) mass is 488 g/mol. The number of hydrogen-bond donors (Lipinski definition) is 1. The van der Waals surface area contributed by atoms with Crippen LogP contribution >= 0.6 is 23.8 Å². The number of nitriles is 1. The maximum Gasteiger partial charge on any atom is 0.222 e. The molecule has 1 saturated heterocycles. The lowest BCUT2D eigenvalue weighted by atomic mass is 10.0. The van der Waals surface area contributed by atoms with Crippen molar-refractivity contribution in [1.82, 2.24) is 4.90 Å². The highest BCUT2D eigenvalue weighted by Gasteiger charge is 2.50. The first-order valence-electron chi connectivity index (χ1n) is 10.5. The summed E-state index contributed by atoms with van der Waals surface area (Å²) in [5.41, 5.74) is 0.977. The van der Waals surface area contributed by atoms with Gasteiger partial charge < -0.3 is 14.9 Å². The topological polar surface area (TPSA) is 70.8 Å². The normalized spacial score (nSPS) is 17.3. The summed E-state index contributed by atoms with van der Waals surface area (Å²) in [6.45, 7) is 3.63. The molecule has 174 valence electrons. The van der Waals surface area contributed by atoms with Crippen LogP contribution in [0.5, 0.6) is 0 Å². The number of aryl methyl sites for hydroxylation is 1. The third kappa shape index (κ3) is 4.67. The van der Waals surface area contributed by atoms with Crippen LogP contribution in [0.25, 0.3) is 0 Å². The van der Waals surface area contributed by atoms with Crippen molar-refractivity contribution in [3.8, 4) is 6.07 Å². The van der Waals surface area contributed by atoms with Crippen molar-refractivity contribution < 1.29 is 14.3 Å². The Kier molecular flexibility index (Phi) is 7.27. The predicted molar refractivity (Wildman–Crippen MR) is 132 cm³/mol. The summed E-state index contributed by atoms with van der Waals surface area (Å²) in [4.78, 5) is 16.4. The molecule has 33 heavy (non-hydrogen) atoms. The molecule has 0 radical (unpaired) electrons. The smallest absolute Gasteiger partial charge is 0.222 e. The molecule has 2 aromatic rings. The SMILES string of the molecule is CN(C)C(=O)CCCc1ccc(N2C(=S)N(c3ccc(C#N)c(Cl)c3F)C(O)C2(C)C)cc1. The molecule has 1 unspecified atom stereocenters. The minimum atomic E-state index is -1.15. The third-order valence-electron chi connectivity index (χ3n) is 5.84. The summed E-state index contributed by atoms with van der Waals surface area (Å²) in [7, 11) is 3.49. The average Bonchev–Trinajstić information content (AvgIpc) is 2.94. The molecule has 0 spiro atoms. The zero-order valence-electron chi connectivity index (χ0n) is 19.0. The van der Waals surface area contributed by atoms with E-state index in [0.29, 0.717) is 6.42 Å². The fraction of sp³-hybridized carbons (Fsp3) is 0.375. The van der Waals surface area contributed by atoms with Gasteiger partial charge >= 0.3 is 0 Å². The fourth-order valence-corrected chi connectivity index (χ4v) is 4.60. The first-order chi connectivity index (χ1) is 15.5. The van der Waals surface area contributed by atoms with E-state index in [1.807, 2.05) is 44.2 Å². The lowest BCUT2D eigenvalue weighted by Crippen LogP contribution is -2.47. The van der Waals surface area contributed by atoms with E-state index in [-0.39, 0.29) is 27.3 Å². The molecule has 0 saturated carbocycles. The quantitative estimate of drug-likeness (QED) is 0.605. The van der Waals surface area contributed by atoms with Crippen molar-refractivity contribution >= 4 is 46.2 Å². The van der Waals surface area contributed by atoms with Crippen LogP contribution in [0, 0.1) is 17.1 Å². The highest BCUT2D eigenvalue weighted by molar-refractivity contribution is 7.80. The number of halogens is 2. The van der Waals surface area contributed by atoms with E-state index in [4.69, 9.17) is 29.1 Å². The van der Waals surface area contributed by atoms with Crippen LogP contribution < -0.4 is 9.80 Å². The summed E-state index contributed by atoms with van der Waals surface area (Å²) in [5, 5.41) is 20.1. The standard InChI is InChI=1S/C24H26ClFN4O2S/c1-24(2)22(32)29(18-13-10-16(14-27)20(25)21(18)26)23(33)30(24)17-11-8-15(9-12-17)6-5-7-19(31)28(3)4/h8-13,22,32H,5-7H2,1-4H3. The number of aliphatic hydroxyl groups is 1. The molecule has 3 rings (SSSR count). The van der Waals surface area contributed by atoms with E-state index in [1.165, 1.54) is 17.0 Å². The highest BCUT2D eigenvalue weighted by Crippen LogP contribution is 2.41. The van der Waals surface area contributed by atoms with Gasteiger partial charge in [-0.15, -0.1) is 0 Å². The highest BCUT2D eigenvalue weighted by atomic mass is 35.5. The Labute approximate surface area is 203 Å². The first-order valence-corrected chi connectivity index (χ1v) is 11.3. The van der Waals surface area contributed by atoms with Gasteiger partial charge in [0.05, 0.1) is 21.8 Å². The number of thiocarbonyl (C=S) groups is 1. The molecule has 0 bridgehead atoms. The number of aliphatic hydroxyl groups excluding tert-OH is 1. The van der Waals surface area contributed by atoms with E-state index >= 15 is 0 Å². The molecule has 0 aliphatic carbocycles. The van der Waals surface area contributed by atoms with Crippen molar-refractivity contribution in [2.24, 2.45) is 0 Å². The van der Waals surface area contributed by atoms with E-state index in [2.05, 4.69) is 0 Å². The summed E-state index contributed by atoms with van der Waals surface area (Å²) in [6, 6.07) is 12.4. The summed E-state index contributed by atoms with van der Waals surface area (Å²) < 4.78 is 15.0. The summed E-state index contributed by atoms with van der Waals surface area (Å²) in [5.74, 6) is -0.711. The van der Waals surface area contributed by atoms with Gasteiger partial charge in [0.1, 0.15) is 6.07 Å². The molecule has 1 aliphatic rings. The largest absolute Gasteiger partial charge is 0.371 e. The Morgan fingerprint density at radius 1 is 1.27 bits per heavy atom. The molecule has 9 heteroatoms. The van der Waals surface area contributed by atoms with Gasteiger partial charge in [0.2, 0.25) is 5.91 Å². The van der Waals surface area contributed by atoms with Crippen molar-refractivity contribution in [2.75, 3.05) is 23.9 Å². The van der Waals surface area contributed by atoms with Gasteiger partial charge in [-0.25, -0.2) is 4.39 Å². The van der Waals surface area contributed by atoms with Gasteiger partial charge in [-0.1, -0.05) is 23.7 Å². The maximum absolute atomic E-state index is 15.0. The van der Waals surface area contributed by atoms with Gasteiger partial charge in [0, 0.05) is 26.2 Å². The number of rotatable bonds is 6. The Morgan fingerprint density at radius 3 is 2.48 bits per heavy atom. The minimum Gasteiger partial charge on any atom is -0.371 e. The lowest BCUT2D eigenvalue weighted by Gasteiger charge is -2.33. The molecule has 1 aliphatic heterocycles. The Balaban J connectivity index is 1.84. The van der Waals surface area contributed by atoms with Crippen LogP contribution in [0.4, 0.5) is 15.8 Å². The van der Waals surface area contributed by atoms with Crippen LogP contribution in [-0.4, -0.2) is 46.9 Å². The number of carbonyl (C=O) groups excluding carboxylic acids is 1. The van der Waals surface area contributed by atoms with Gasteiger partial charge in [0.25, 0.3) is 0 Å². The van der Waals surface area contributed by atoms with Gasteiger partial charge in [0.15, 0.2) is 17.2 Å². The number of hydrogen-bond acceptors (Lipinski definition) is 4. The lowest BCUT2D eigenvalue weighted by molar-refractivity contribution is -0.128. The summed E-state index contributed by atoms with van der Waals surface area (Å²) in [6.07, 6.45) is 0.838. The molecule has 1 fully saturated rings. The van der Waals surface area contributed by atoms with E-state index < -0.39 is 17.6 Å². The molecular formula is C24H26ClFN4O2S. The molecule has 0 aromatic heterocycles. The minimum absolute atomic E-state index is 0.00857. The number of anilines is 2. The first kappa shape index (κ1) is 24.9. The van der Waals surface area contributed by atoms with Crippen LogP contribution in [0.2, 0.25) is 5.02 Å². The van der Waals surface area contributed by atoms with Gasteiger partial charge in [-0.05, 0) is 68.7 Å². The van der Waals surface area contributed by atoms with Crippen LogP contribution in [0.15, 0.2) is 36.4 Å². The maximum atomic E-state index is 15.0. The van der Waals surface area contributed by atoms with Crippen molar-refractivity contribution in [3.63, 3.8) is 0 Å². The van der Waals surface area contributed by atoms with Crippen LogP contribution in [0.1, 0.15) is 37.8 Å². The van der Waals surface area contributed by atoms with Crippen molar-refractivity contribution in [2.45, 2.75) is 44.9 Å². The zero-order valence-corrected chi connectivity index (χ0v) is 20.5. The molecule has 6 nitrogen and oxygen atoms in total. The van der Waals surface area contributed by atoms with Crippen LogP contribution in [-0.2, 0) is 11.2 Å². The predicted octanol–water partition coefficient (Wildman–Crippen LogP) is 4.47. The zero-order chi connectivity index (χ0) is 24.5. The molecular weight excluding hydrogens is 463 g/mol. The van der Waals surface area contributed by atoms with Crippen molar-refractivity contribution in [3.05, 3.63) is 58.4 Å². The van der Waals surface area contributed by atoms with Crippen LogP contribution in [0.3, 0.4) is 0 Å². The molecule has 1 heterocycles. The second-order valence-corrected chi connectivity index (χ2v) is 9.44. The van der Waals surface area contributed by atoms with Gasteiger partial charge in [-0.2, -0.15) is 5.26 Å². The molecule has 1 atom stereocenters. The number of carbonyl (C=O) groups is 1. The van der Waals surface area contributed by atoms with Gasteiger partial charge in [-0.3, -0.25) is 9.69 Å². The molecule has 1 amide bonds. The average molecular weight is 489 g/mol. The number of amides is 1. The Bertz CT molecular complexity index is 1110. The fourth-order valence-electron chi connectivity index (χ4n) is 3.86. The van der Waals surface area contributed by atoms with Crippen molar-refractivity contribution in [1.29, 1.82) is 5.26 Å². The molecule has 1 N–H and O–H groups in total.